The van der Waals surface area contributed by atoms with E-state index in [1.54, 1.807) is 37.3 Å². The summed E-state index contributed by atoms with van der Waals surface area (Å²) in [6.07, 6.45) is 3.05. The van der Waals surface area contributed by atoms with Gasteiger partial charge < -0.3 is 5.32 Å². The summed E-state index contributed by atoms with van der Waals surface area (Å²) >= 11 is 5.92. The number of nitrogens with zero attached hydrogens (tertiary/aromatic N) is 4. The van der Waals surface area contributed by atoms with Crippen molar-refractivity contribution in [1.82, 2.24) is 20.0 Å². The minimum absolute atomic E-state index is 0.198. The van der Waals surface area contributed by atoms with Crippen molar-refractivity contribution in [3.05, 3.63) is 59.8 Å². The molecule has 1 unspecified atom stereocenters. The molecule has 0 spiro atoms. The lowest BCUT2D eigenvalue weighted by Gasteiger charge is -2.12. The van der Waals surface area contributed by atoms with Gasteiger partial charge >= 0.3 is 0 Å². The van der Waals surface area contributed by atoms with Crippen LogP contribution in [0.15, 0.2) is 48.8 Å². The van der Waals surface area contributed by atoms with E-state index in [1.807, 2.05) is 0 Å². The summed E-state index contributed by atoms with van der Waals surface area (Å²) in [5, 5.41) is 10.7. The van der Waals surface area contributed by atoms with Gasteiger partial charge in [-0.2, -0.15) is 0 Å². The maximum absolute atomic E-state index is 13.8. The number of rotatable bonds is 4. The molecule has 0 fully saturated rings. The molecule has 24 heavy (non-hydrogen) atoms. The molecule has 0 aliphatic carbocycles. The van der Waals surface area contributed by atoms with Crippen LogP contribution in [-0.2, 0) is 4.79 Å². The fraction of sp³-hybridized carbons (Fsp3) is 0.125. The average Bonchev–Trinajstić information content (AvgIpc) is 3.06. The van der Waals surface area contributed by atoms with E-state index < -0.39 is 11.9 Å². The number of amides is 1. The summed E-state index contributed by atoms with van der Waals surface area (Å²) in [5.74, 6) is -0.737. The summed E-state index contributed by atoms with van der Waals surface area (Å²) in [6.45, 7) is 1.65. The van der Waals surface area contributed by atoms with Crippen molar-refractivity contribution in [2.24, 2.45) is 0 Å². The van der Waals surface area contributed by atoms with E-state index >= 15 is 0 Å². The molecule has 122 valence electrons. The zero-order valence-corrected chi connectivity index (χ0v) is 13.4. The Morgan fingerprint density at radius 3 is 2.83 bits per heavy atom. The number of halogens is 2. The zero-order valence-electron chi connectivity index (χ0n) is 12.6. The predicted molar refractivity (Wildman–Crippen MR) is 88.0 cm³/mol. The van der Waals surface area contributed by atoms with Crippen LogP contribution in [0.2, 0.25) is 5.15 Å². The molecule has 6 nitrogen and oxygen atoms in total. The number of benzene rings is 1. The van der Waals surface area contributed by atoms with Crippen molar-refractivity contribution in [1.29, 1.82) is 0 Å². The first-order valence-electron chi connectivity index (χ1n) is 7.14. The Labute approximate surface area is 142 Å². The number of hydrogen-bond donors (Lipinski definition) is 1. The van der Waals surface area contributed by atoms with Crippen LogP contribution < -0.4 is 5.32 Å². The van der Waals surface area contributed by atoms with Crippen LogP contribution in [0.4, 0.5) is 10.1 Å². The lowest BCUT2D eigenvalue weighted by molar-refractivity contribution is -0.119. The fourth-order valence-corrected chi connectivity index (χ4v) is 2.26. The number of carbonyl (C=O) groups is 1. The molecule has 3 aromatic rings. The van der Waals surface area contributed by atoms with Crippen LogP contribution in [0.25, 0.3) is 11.3 Å². The van der Waals surface area contributed by atoms with Gasteiger partial charge in [0.15, 0.2) is 5.15 Å². The third kappa shape index (κ3) is 3.26. The zero-order chi connectivity index (χ0) is 17.1. The second-order valence-electron chi connectivity index (χ2n) is 5.07. The van der Waals surface area contributed by atoms with E-state index in [4.69, 9.17) is 11.6 Å². The van der Waals surface area contributed by atoms with Crippen molar-refractivity contribution in [2.45, 2.75) is 13.0 Å². The second kappa shape index (κ2) is 6.76. The Morgan fingerprint density at radius 2 is 2.08 bits per heavy atom. The smallest absolute Gasteiger partial charge is 0.249 e. The highest BCUT2D eigenvalue weighted by Crippen LogP contribution is 2.22. The summed E-state index contributed by atoms with van der Waals surface area (Å²) < 4.78 is 15.2. The molecule has 1 N–H and O–H groups in total. The molecule has 1 atom stereocenters. The third-order valence-electron chi connectivity index (χ3n) is 3.45. The molecule has 0 bridgehead atoms. The van der Waals surface area contributed by atoms with Crippen LogP contribution in [0, 0.1) is 5.82 Å². The lowest BCUT2D eigenvalue weighted by Crippen LogP contribution is -2.24. The molecule has 1 aromatic carbocycles. The van der Waals surface area contributed by atoms with Crippen LogP contribution in [0.1, 0.15) is 13.0 Å². The van der Waals surface area contributed by atoms with Gasteiger partial charge in [0, 0.05) is 11.8 Å². The van der Waals surface area contributed by atoms with Gasteiger partial charge in [0.25, 0.3) is 0 Å². The Morgan fingerprint density at radius 1 is 1.29 bits per heavy atom. The molecule has 0 saturated heterocycles. The first-order chi connectivity index (χ1) is 11.6. The number of aromatic nitrogens is 4. The maximum atomic E-state index is 13.8. The minimum Gasteiger partial charge on any atom is -0.322 e. The monoisotopic (exact) mass is 345 g/mol. The van der Waals surface area contributed by atoms with E-state index in [-0.39, 0.29) is 11.1 Å². The summed E-state index contributed by atoms with van der Waals surface area (Å²) in [7, 11) is 0. The largest absolute Gasteiger partial charge is 0.322 e. The van der Waals surface area contributed by atoms with Crippen molar-refractivity contribution in [2.75, 3.05) is 5.32 Å². The Kier molecular flexibility index (Phi) is 4.52. The summed E-state index contributed by atoms with van der Waals surface area (Å²) in [6, 6.07) is 8.90. The number of pyridine rings is 1. The quantitative estimate of drug-likeness (QED) is 0.736. The van der Waals surface area contributed by atoms with Crippen molar-refractivity contribution in [3.8, 4) is 11.3 Å². The molecular weight excluding hydrogens is 333 g/mol. The predicted octanol–water partition coefficient (Wildman–Crippen LogP) is 3.33. The highest BCUT2D eigenvalue weighted by atomic mass is 35.5. The van der Waals surface area contributed by atoms with Gasteiger partial charge in [0.05, 0.1) is 11.9 Å². The van der Waals surface area contributed by atoms with Crippen molar-refractivity contribution < 1.29 is 9.18 Å². The first kappa shape index (κ1) is 16.1. The van der Waals surface area contributed by atoms with Gasteiger partial charge in [-0.15, -0.1) is 5.10 Å². The normalized spacial score (nSPS) is 12.0. The van der Waals surface area contributed by atoms with E-state index in [0.29, 0.717) is 16.9 Å². The van der Waals surface area contributed by atoms with E-state index in [2.05, 4.69) is 20.6 Å². The molecule has 3 rings (SSSR count). The minimum atomic E-state index is -0.658. The van der Waals surface area contributed by atoms with Crippen LogP contribution in [0.5, 0.6) is 0 Å². The molecule has 0 aliphatic rings. The van der Waals surface area contributed by atoms with Crippen LogP contribution in [0.3, 0.4) is 0 Å². The molecule has 0 radical (unpaired) electrons. The van der Waals surface area contributed by atoms with Crippen LogP contribution >= 0.6 is 11.6 Å². The highest BCUT2D eigenvalue weighted by molar-refractivity contribution is 6.32. The molecule has 2 heterocycles. The Balaban J connectivity index is 1.79. The van der Waals surface area contributed by atoms with E-state index in [9.17, 15) is 9.18 Å². The standard InChI is InChI=1S/C16H13ClFN5O/c1-10(16(24)20-13-7-4-8-19-15(13)17)23-9-14(21-22-23)11-5-2-3-6-12(11)18/h2-10H,1H3,(H,20,24). The second-order valence-corrected chi connectivity index (χ2v) is 5.43. The number of nitrogens with one attached hydrogen (secondary N) is 1. The SMILES string of the molecule is CC(C(=O)Nc1cccnc1Cl)n1cc(-c2ccccc2F)nn1. The van der Waals surface area contributed by atoms with Gasteiger partial charge in [-0.25, -0.2) is 14.1 Å². The Hall–Kier alpha value is -2.80. The molecule has 0 saturated carbocycles. The number of carbonyl (C=O) groups excluding carboxylic acids is 1. The van der Waals surface area contributed by atoms with E-state index in [1.165, 1.54) is 23.1 Å². The van der Waals surface area contributed by atoms with Gasteiger partial charge in [-0.3, -0.25) is 4.79 Å². The third-order valence-corrected chi connectivity index (χ3v) is 3.75. The molecule has 2 aromatic heterocycles. The average molecular weight is 346 g/mol. The summed E-state index contributed by atoms with van der Waals surface area (Å²) in [4.78, 5) is 16.2. The molecule has 8 heteroatoms. The first-order valence-corrected chi connectivity index (χ1v) is 7.52. The maximum Gasteiger partial charge on any atom is 0.249 e. The summed E-state index contributed by atoms with van der Waals surface area (Å²) in [5.41, 5.74) is 1.09. The van der Waals surface area contributed by atoms with Crippen molar-refractivity contribution in [3.63, 3.8) is 0 Å². The molecular formula is C16H13ClFN5O. The molecule has 1 amide bonds. The molecule has 0 aliphatic heterocycles. The number of hydrogen-bond acceptors (Lipinski definition) is 4. The highest BCUT2D eigenvalue weighted by Gasteiger charge is 2.19. The fourth-order valence-electron chi connectivity index (χ4n) is 2.09. The topological polar surface area (TPSA) is 72.7 Å². The van der Waals surface area contributed by atoms with Crippen molar-refractivity contribution >= 4 is 23.2 Å². The van der Waals surface area contributed by atoms with Gasteiger partial charge in [0.1, 0.15) is 17.6 Å². The van der Waals surface area contributed by atoms with Gasteiger partial charge in [-0.1, -0.05) is 28.9 Å². The number of anilines is 1. The van der Waals surface area contributed by atoms with Gasteiger partial charge in [0.2, 0.25) is 5.91 Å². The lowest BCUT2D eigenvalue weighted by atomic mass is 10.1. The van der Waals surface area contributed by atoms with Crippen LogP contribution in [-0.4, -0.2) is 25.9 Å². The van der Waals surface area contributed by atoms with E-state index in [0.717, 1.165) is 0 Å². The Bertz CT molecular complexity index is 882. The van der Waals surface area contributed by atoms with Gasteiger partial charge in [-0.05, 0) is 31.2 Å².